The van der Waals surface area contributed by atoms with Gasteiger partial charge in [-0.1, -0.05) is 57.8 Å². The van der Waals surface area contributed by atoms with E-state index in [0.29, 0.717) is 0 Å². The summed E-state index contributed by atoms with van der Waals surface area (Å²) >= 11 is 0. The summed E-state index contributed by atoms with van der Waals surface area (Å²) in [4.78, 5) is 17.7. The zero-order valence-corrected chi connectivity index (χ0v) is 16.9. The van der Waals surface area contributed by atoms with Gasteiger partial charge in [-0.3, -0.25) is 0 Å². The second kappa shape index (κ2) is 10.7. The van der Waals surface area contributed by atoms with Gasteiger partial charge < -0.3 is 0 Å². The van der Waals surface area contributed by atoms with E-state index in [0.717, 1.165) is 12.8 Å². The fourth-order valence-corrected chi connectivity index (χ4v) is 2.81. The molecule has 0 aromatic heterocycles. The third kappa shape index (κ3) is 12.2. The molecule has 1 saturated carbocycles. The van der Waals surface area contributed by atoms with E-state index in [1.54, 1.807) is 0 Å². The molecule has 1 aliphatic rings. The fraction of sp³-hybridized carbons (Fsp3) is 1.00. The van der Waals surface area contributed by atoms with Gasteiger partial charge in [-0.05, 0) is 22.7 Å². The van der Waals surface area contributed by atoms with Crippen molar-refractivity contribution in [3.8, 4) is 0 Å². The van der Waals surface area contributed by atoms with Crippen LogP contribution in [0.25, 0.3) is 0 Å². The second-order valence-corrected chi connectivity index (χ2v) is 8.65. The molecule has 6 nitrogen and oxygen atoms in total. The van der Waals surface area contributed by atoms with Crippen LogP contribution in [-0.2, 0) is 14.7 Å². The Morgan fingerprint density at radius 3 is 1.25 bits per heavy atom. The molecule has 1 rings (SSSR count). The van der Waals surface area contributed by atoms with E-state index in [4.69, 9.17) is 14.7 Å². The van der Waals surface area contributed by atoms with Gasteiger partial charge in [0, 0.05) is 0 Å². The number of quaternary nitrogens is 2. The minimum Gasteiger partial charge on any atom is -0.239 e. The maximum absolute atomic E-state index is 6.11. The van der Waals surface area contributed by atoms with Crippen molar-refractivity contribution in [1.29, 1.82) is 0 Å². The Labute approximate surface area is 149 Å². The van der Waals surface area contributed by atoms with E-state index >= 15 is 0 Å². The maximum Gasteiger partial charge on any atom is 0.182 e. The normalized spacial score (nSPS) is 20.6. The minimum absolute atomic E-state index is 0.155. The van der Waals surface area contributed by atoms with Crippen molar-refractivity contribution in [3.63, 3.8) is 0 Å². The molecule has 0 spiro atoms. The molecule has 0 bridgehead atoms. The van der Waals surface area contributed by atoms with Crippen molar-refractivity contribution >= 4 is 0 Å². The van der Waals surface area contributed by atoms with Crippen LogP contribution in [0, 0.1) is 0 Å². The molecule has 0 aliphatic heterocycles. The highest BCUT2D eigenvalue weighted by Gasteiger charge is 2.29. The van der Waals surface area contributed by atoms with Crippen LogP contribution in [0.4, 0.5) is 0 Å². The summed E-state index contributed by atoms with van der Waals surface area (Å²) in [7, 11) is 11.6. The molecular formula is C18H41N3O3+2. The maximum atomic E-state index is 6.11. The van der Waals surface area contributed by atoms with Crippen LogP contribution >= 0.6 is 0 Å². The molecule has 1 fully saturated rings. The van der Waals surface area contributed by atoms with Crippen molar-refractivity contribution in [2.24, 2.45) is 0 Å². The Morgan fingerprint density at radius 2 is 0.917 bits per heavy atom. The summed E-state index contributed by atoms with van der Waals surface area (Å²) in [6, 6.07) is 0. The van der Waals surface area contributed by atoms with Crippen LogP contribution < -0.4 is 0 Å². The summed E-state index contributed by atoms with van der Waals surface area (Å²) in [6.07, 6.45) is 14.2. The lowest BCUT2D eigenvalue weighted by molar-refractivity contribution is -1.18. The van der Waals surface area contributed by atoms with Gasteiger partial charge in [-0.15, -0.1) is 0 Å². The SMILES string of the molecule is C[N+](C)(C)ON(OC1CCCCCCCCCCC1)O[N+](C)(C)C. The number of nitrogens with zero attached hydrogens (tertiary/aromatic N) is 3. The smallest absolute Gasteiger partial charge is 0.182 e. The highest BCUT2D eigenvalue weighted by molar-refractivity contribution is 4.60. The molecular weight excluding hydrogens is 306 g/mol. The predicted molar refractivity (Wildman–Crippen MR) is 95.7 cm³/mol. The molecule has 1 aliphatic carbocycles. The number of hydrogen-bond donors (Lipinski definition) is 0. The topological polar surface area (TPSA) is 30.9 Å². The molecule has 0 radical (unpaired) electrons. The van der Waals surface area contributed by atoms with Gasteiger partial charge in [0.2, 0.25) is 0 Å². The highest BCUT2D eigenvalue weighted by atomic mass is 17.3. The standard InChI is InChI=1S/C18H41N3O3/c1-20(2,3)23-19(24-21(4,5)6)22-18-16-14-12-10-8-7-9-11-13-15-17-18/h18H,7-17H2,1-6H3/q+2. The average Bonchev–Trinajstić information content (AvgIpc) is 2.38. The van der Waals surface area contributed by atoms with E-state index in [1.807, 2.05) is 42.3 Å². The summed E-state index contributed by atoms with van der Waals surface area (Å²) in [5.74, 6) is 0. The first-order valence-electron chi connectivity index (χ1n) is 9.65. The van der Waals surface area contributed by atoms with Crippen molar-refractivity contribution < 1.29 is 24.0 Å². The average molecular weight is 348 g/mol. The van der Waals surface area contributed by atoms with Crippen LogP contribution in [0.15, 0.2) is 0 Å². The van der Waals surface area contributed by atoms with Crippen LogP contribution in [0.1, 0.15) is 70.6 Å². The first kappa shape index (κ1) is 21.8. The van der Waals surface area contributed by atoms with Crippen molar-refractivity contribution in [2.45, 2.75) is 76.7 Å². The van der Waals surface area contributed by atoms with E-state index < -0.39 is 0 Å². The monoisotopic (exact) mass is 347 g/mol. The zero-order chi connectivity index (χ0) is 18.1. The lowest BCUT2D eigenvalue weighted by Gasteiger charge is -2.32. The van der Waals surface area contributed by atoms with Crippen LogP contribution in [0.3, 0.4) is 0 Å². The Morgan fingerprint density at radius 1 is 0.583 bits per heavy atom. The van der Waals surface area contributed by atoms with Gasteiger partial charge in [-0.2, -0.15) is 9.29 Å². The van der Waals surface area contributed by atoms with Crippen molar-refractivity contribution in [2.75, 3.05) is 42.3 Å². The lowest BCUT2D eigenvalue weighted by Crippen LogP contribution is -2.50. The molecule has 0 aromatic rings. The largest absolute Gasteiger partial charge is 0.239 e. The minimum atomic E-state index is 0.155. The van der Waals surface area contributed by atoms with E-state index in [1.165, 1.54) is 63.2 Å². The van der Waals surface area contributed by atoms with Gasteiger partial charge in [-0.25, -0.2) is 4.84 Å². The van der Waals surface area contributed by atoms with Gasteiger partial charge in [0.05, 0.1) is 6.10 Å². The van der Waals surface area contributed by atoms with E-state index in [9.17, 15) is 0 Å². The summed E-state index contributed by atoms with van der Waals surface area (Å²) in [5, 5.41) is 1.23. The van der Waals surface area contributed by atoms with Gasteiger partial charge in [0.15, 0.2) is 5.39 Å². The fourth-order valence-electron chi connectivity index (χ4n) is 2.81. The van der Waals surface area contributed by atoms with Crippen LogP contribution in [0.2, 0.25) is 0 Å². The van der Waals surface area contributed by atoms with Crippen LogP contribution in [-0.4, -0.2) is 63.1 Å². The molecule has 0 unspecified atom stereocenters. The van der Waals surface area contributed by atoms with Crippen molar-refractivity contribution in [3.05, 3.63) is 0 Å². The molecule has 0 atom stereocenters. The Kier molecular flexibility index (Phi) is 9.71. The molecule has 24 heavy (non-hydrogen) atoms. The van der Waals surface area contributed by atoms with E-state index in [-0.39, 0.29) is 15.4 Å². The highest BCUT2D eigenvalue weighted by Crippen LogP contribution is 2.21. The first-order chi connectivity index (χ1) is 11.2. The Hall–Kier alpha value is -0.240. The molecule has 0 saturated heterocycles. The zero-order valence-electron chi connectivity index (χ0n) is 16.9. The number of hydrogen-bond acceptors (Lipinski definition) is 4. The van der Waals surface area contributed by atoms with Gasteiger partial charge >= 0.3 is 0 Å². The first-order valence-corrected chi connectivity index (χ1v) is 9.65. The lowest BCUT2D eigenvalue weighted by atomic mass is 9.99. The summed E-state index contributed by atoms with van der Waals surface area (Å²) in [6.45, 7) is 0. The third-order valence-corrected chi connectivity index (χ3v) is 3.91. The van der Waals surface area contributed by atoms with Crippen LogP contribution in [0.5, 0.6) is 0 Å². The number of hydroxylamine groups is 6. The molecule has 0 N–H and O–H groups in total. The quantitative estimate of drug-likeness (QED) is 0.537. The van der Waals surface area contributed by atoms with Gasteiger partial charge in [0.25, 0.3) is 0 Å². The van der Waals surface area contributed by atoms with Gasteiger partial charge in [0.1, 0.15) is 42.3 Å². The predicted octanol–water partition coefficient (Wildman–Crippen LogP) is 4.00. The molecule has 0 heterocycles. The summed E-state index contributed by atoms with van der Waals surface area (Å²) in [5.41, 5.74) is 0. The third-order valence-electron chi connectivity index (χ3n) is 3.91. The summed E-state index contributed by atoms with van der Waals surface area (Å²) < 4.78 is 0.569. The van der Waals surface area contributed by atoms with E-state index in [2.05, 4.69) is 0 Å². The number of rotatable bonds is 6. The second-order valence-electron chi connectivity index (χ2n) is 8.65. The van der Waals surface area contributed by atoms with Crippen molar-refractivity contribution in [1.82, 2.24) is 5.39 Å². The molecule has 144 valence electrons. The molecule has 6 heteroatoms. The molecule has 0 aromatic carbocycles. The molecule has 0 amide bonds. The Bertz CT molecular complexity index is 298. The Balaban J connectivity index is 2.60.